The van der Waals surface area contributed by atoms with Crippen LogP contribution >= 0.6 is 0 Å². The number of alkyl halides is 6. The number of hydrogen-bond acceptors (Lipinski definition) is 3. The standard InChI is InChI=1S/C35H41F6NO2/c1-7-44-33(43)32(18-23(4)5)31-20-29(19-30(24(31)6)26-10-14-28(15-11-26)35(39,40)41)42(17-16-22(2)3)21-25-8-12-27(13-9-25)34(36,37)38/h8-15,19-20,22-23,32H,7,16-18,21H2,1-6H3. The molecule has 0 radical (unpaired) electrons. The molecule has 3 aromatic rings. The molecule has 0 bridgehead atoms. The Hall–Kier alpha value is -3.49. The number of hydrogen-bond donors (Lipinski definition) is 0. The van der Waals surface area contributed by atoms with Crippen LogP contribution in [-0.4, -0.2) is 19.1 Å². The van der Waals surface area contributed by atoms with Crippen LogP contribution in [0.4, 0.5) is 32.0 Å². The monoisotopic (exact) mass is 621 g/mol. The summed E-state index contributed by atoms with van der Waals surface area (Å²) < 4.78 is 85.1. The number of halogens is 6. The molecule has 0 saturated heterocycles. The van der Waals surface area contributed by atoms with Crippen LogP contribution in [0.25, 0.3) is 11.1 Å². The molecule has 44 heavy (non-hydrogen) atoms. The molecule has 240 valence electrons. The van der Waals surface area contributed by atoms with Crippen molar-refractivity contribution >= 4 is 11.7 Å². The molecule has 0 aromatic heterocycles. The molecule has 0 fully saturated rings. The Labute approximate surface area is 256 Å². The Bertz CT molecular complexity index is 1380. The first-order chi connectivity index (χ1) is 20.5. The second-order valence-corrected chi connectivity index (χ2v) is 12.0. The van der Waals surface area contributed by atoms with Gasteiger partial charge in [0.25, 0.3) is 0 Å². The predicted octanol–water partition coefficient (Wildman–Crippen LogP) is 10.4. The Morgan fingerprint density at radius 2 is 1.36 bits per heavy atom. The summed E-state index contributed by atoms with van der Waals surface area (Å²) in [5.74, 6) is -0.513. The third-order valence-electron chi connectivity index (χ3n) is 7.61. The molecule has 3 aromatic carbocycles. The Morgan fingerprint density at radius 1 is 0.818 bits per heavy atom. The van der Waals surface area contributed by atoms with Crippen molar-refractivity contribution in [3.63, 3.8) is 0 Å². The van der Waals surface area contributed by atoms with Gasteiger partial charge in [-0.1, -0.05) is 52.0 Å². The van der Waals surface area contributed by atoms with Crippen LogP contribution in [0.15, 0.2) is 60.7 Å². The van der Waals surface area contributed by atoms with E-state index in [-0.39, 0.29) is 18.5 Å². The maximum atomic E-state index is 13.4. The lowest BCUT2D eigenvalue weighted by Gasteiger charge is -2.30. The number of carbonyl (C=O) groups excluding carboxylic acids is 1. The maximum Gasteiger partial charge on any atom is 0.416 e. The summed E-state index contributed by atoms with van der Waals surface area (Å²) in [5.41, 5.74) is 2.60. The lowest BCUT2D eigenvalue weighted by atomic mass is 9.84. The van der Waals surface area contributed by atoms with E-state index in [1.165, 1.54) is 24.3 Å². The molecule has 0 spiro atoms. The second-order valence-electron chi connectivity index (χ2n) is 12.0. The van der Waals surface area contributed by atoms with Crippen molar-refractivity contribution in [2.24, 2.45) is 11.8 Å². The van der Waals surface area contributed by atoms with Crippen LogP contribution in [0, 0.1) is 18.8 Å². The summed E-state index contributed by atoms with van der Waals surface area (Å²) in [7, 11) is 0. The molecule has 0 aliphatic rings. The highest BCUT2D eigenvalue weighted by atomic mass is 19.4. The molecular formula is C35H41F6NO2. The average Bonchev–Trinajstić information content (AvgIpc) is 2.93. The van der Waals surface area contributed by atoms with Crippen LogP contribution in [-0.2, 0) is 28.4 Å². The van der Waals surface area contributed by atoms with Gasteiger partial charge in [0.15, 0.2) is 0 Å². The molecule has 1 unspecified atom stereocenters. The van der Waals surface area contributed by atoms with Gasteiger partial charge in [0.05, 0.1) is 23.7 Å². The van der Waals surface area contributed by atoms with Crippen LogP contribution in [0.3, 0.4) is 0 Å². The molecule has 3 rings (SSSR count). The van der Waals surface area contributed by atoms with E-state index >= 15 is 0 Å². The van der Waals surface area contributed by atoms with Gasteiger partial charge < -0.3 is 9.64 Å². The van der Waals surface area contributed by atoms with Crippen LogP contribution in [0.2, 0.25) is 0 Å². The van der Waals surface area contributed by atoms with Gasteiger partial charge in [-0.25, -0.2) is 0 Å². The van der Waals surface area contributed by atoms with Gasteiger partial charge >= 0.3 is 18.3 Å². The van der Waals surface area contributed by atoms with E-state index in [2.05, 4.69) is 18.7 Å². The van der Waals surface area contributed by atoms with Gasteiger partial charge in [0, 0.05) is 18.8 Å². The lowest BCUT2D eigenvalue weighted by Crippen LogP contribution is -2.26. The van der Waals surface area contributed by atoms with Crippen molar-refractivity contribution in [3.05, 3.63) is 88.5 Å². The van der Waals surface area contributed by atoms with Crippen molar-refractivity contribution in [1.29, 1.82) is 0 Å². The number of benzene rings is 3. The first kappa shape index (κ1) is 35.0. The third kappa shape index (κ3) is 9.26. The topological polar surface area (TPSA) is 29.5 Å². The molecular weight excluding hydrogens is 580 g/mol. The highest BCUT2D eigenvalue weighted by molar-refractivity contribution is 5.82. The van der Waals surface area contributed by atoms with Crippen LogP contribution < -0.4 is 4.90 Å². The van der Waals surface area contributed by atoms with Crippen LogP contribution in [0.5, 0.6) is 0 Å². The van der Waals surface area contributed by atoms with Crippen molar-refractivity contribution in [3.8, 4) is 11.1 Å². The molecule has 3 nitrogen and oxygen atoms in total. The largest absolute Gasteiger partial charge is 0.466 e. The van der Waals surface area contributed by atoms with Gasteiger partial charge in [0.2, 0.25) is 0 Å². The second kappa shape index (κ2) is 14.5. The zero-order valence-electron chi connectivity index (χ0n) is 26.1. The normalized spacial score (nSPS) is 13.0. The number of rotatable bonds is 12. The van der Waals surface area contributed by atoms with E-state index in [4.69, 9.17) is 4.74 Å². The molecule has 0 heterocycles. The summed E-state index contributed by atoms with van der Waals surface area (Å²) >= 11 is 0. The van der Waals surface area contributed by atoms with Crippen molar-refractivity contribution in [2.75, 3.05) is 18.1 Å². The lowest BCUT2D eigenvalue weighted by molar-refractivity contribution is -0.145. The Balaban J connectivity index is 2.22. The molecule has 0 aliphatic carbocycles. The molecule has 1 atom stereocenters. The third-order valence-corrected chi connectivity index (χ3v) is 7.61. The maximum absolute atomic E-state index is 13.4. The van der Waals surface area contributed by atoms with E-state index in [0.29, 0.717) is 47.7 Å². The van der Waals surface area contributed by atoms with Crippen molar-refractivity contribution in [1.82, 2.24) is 0 Å². The summed E-state index contributed by atoms with van der Waals surface area (Å²) in [6.07, 6.45) is -7.65. The molecule has 0 saturated carbocycles. The van der Waals surface area contributed by atoms with Gasteiger partial charge in [-0.3, -0.25) is 4.79 Å². The molecule has 9 heteroatoms. The molecule has 0 aliphatic heterocycles. The van der Waals surface area contributed by atoms with E-state index in [1.807, 2.05) is 32.9 Å². The first-order valence-electron chi connectivity index (χ1n) is 14.9. The zero-order valence-corrected chi connectivity index (χ0v) is 26.1. The number of carbonyl (C=O) groups is 1. The van der Waals surface area contributed by atoms with Gasteiger partial charge in [-0.15, -0.1) is 0 Å². The molecule has 0 amide bonds. The summed E-state index contributed by atoms with van der Waals surface area (Å²) in [4.78, 5) is 15.3. The summed E-state index contributed by atoms with van der Waals surface area (Å²) in [5, 5.41) is 0. The molecule has 0 N–H and O–H groups in total. The van der Waals surface area contributed by atoms with Crippen LogP contribution in [0.1, 0.15) is 81.2 Å². The Kier molecular flexibility index (Phi) is 11.6. The van der Waals surface area contributed by atoms with E-state index in [0.717, 1.165) is 41.9 Å². The predicted molar refractivity (Wildman–Crippen MR) is 162 cm³/mol. The fourth-order valence-electron chi connectivity index (χ4n) is 5.20. The minimum Gasteiger partial charge on any atom is -0.466 e. The van der Waals surface area contributed by atoms with Gasteiger partial charge in [-0.2, -0.15) is 26.3 Å². The van der Waals surface area contributed by atoms with Gasteiger partial charge in [-0.05, 0) is 103 Å². The summed E-state index contributed by atoms with van der Waals surface area (Å²) in [6, 6.07) is 13.8. The summed E-state index contributed by atoms with van der Waals surface area (Å²) in [6.45, 7) is 12.8. The quantitative estimate of drug-likeness (QED) is 0.149. The first-order valence-corrected chi connectivity index (χ1v) is 14.9. The minimum absolute atomic E-state index is 0.145. The van der Waals surface area contributed by atoms with E-state index in [9.17, 15) is 31.1 Å². The van der Waals surface area contributed by atoms with Crippen molar-refractivity contribution < 1.29 is 35.9 Å². The Morgan fingerprint density at radius 3 is 1.84 bits per heavy atom. The zero-order chi connectivity index (χ0) is 32.8. The smallest absolute Gasteiger partial charge is 0.416 e. The highest BCUT2D eigenvalue weighted by Crippen LogP contribution is 2.39. The van der Waals surface area contributed by atoms with E-state index < -0.39 is 29.4 Å². The fourth-order valence-corrected chi connectivity index (χ4v) is 5.20. The van der Waals surface area contributed by atoms with Crippen molar-refractivity contribution in [2.45, 2.75) is 79.2 Å². The highest BCUT2D eigenvalue weighted by Gasteiger charge is 2.32. The fraction of sp³-hybridized carbons (Fsp3) is 0.457. The van der Waals surface area contributed by atoms with E-state index in [1.54, 1.807) is 6.92 Å². The number of anilines is 1. The minimum atomic E-state index is -4.48. The number of nitrogens with zero attached hydrogens (tertiary/aromatic N) is 1. The average molecular weight is 622 g/mol. The SMILES string of the molecule is CCOC(=O)C(CC(C)C)c1cc(N(CCC(C)C)Cc2ccc(C(F)(F)F)cc2)cc(-c2ccc(C(F)(F)F)cc2)c1C. The number of ether oxygens (including phenoxy) is 1. The van der Waals surface area contributed by atoms with Gasteiger partial charge in [0.1, 0.15) is 0 Å². The number of esters is 1.